The van der Waals surface area contributed by atoms with Crippen molar-refractivity contribution in [2.24, 2.45) is 5.92 Å². The first-order valence-electron chi connectivity index (χ1n) is 8.74. The molecule has 0 aliphatic carbocycles. The van der Waals surface area contributed by atoms with Crippen molar-refractivity contribution in [2.45, 2.75) is 19.8 Å². The van der Waals surface area contributed by atoms with Gasteiger partial charge in [0, 0.05) is 18.5 Å². The topological polar surface area (TPSA) is 46.3 Å². The van der Waals surface area contributed by atoms with E-state index in [0.717, 1.165) is 52.2 Å². The van der Waals surface area contributed by atoms with E-state index in [1.165, 1.54) is 12.8 Å². The lowest BCUT2D eigenvalue weighted by Crippen LogP contribution is -2.34. The van der Waals surface area contributed by atoms with E-state index in [9.17, 15) is 0 Å². The molecule has 4 aromatic rings. The Bertz CT molecular complexity index is 1030. The summed E-state index contributed by atoms with van der Waals surface area (Å²) in [4.78, 5) is 8.52. The summed E-state index contributed by atoms with van der Waals surface area (Å²) < 4.78 is 2.14. The third-order valence-electron chi connectivity index (χ3n) is 5.04. The highest BCUT2D eigenvalue weighted by atomic mass is 32.1. The molecule has 5 rings (SSSR count). The van der Waals surface area contributed by atoms with Gasteiger partial charge in [0.2, 0.25) is 5.95 Å². The van der Waals surface area contributed by atoms with Gasteiger partial charge in [0.25, 0.3) is 0 Å². The molecule has 1 fully saturated rings. The number of nitrogens with zero attached hydrogens (tertiary/aromatic N) is 5. The number of piperidine rings is 1. The molecule has 0 unspecified atom stereocenters. The zero-order valence-corrected chi connectivity index (χ0v) is 14.9. The first kappa shape index (κ1) is 14.8. The summed E-state index contributed by atoms with van der Waals surface area (Å²) in [5.74, 6) is 2.63. The van der Waals surface area contributed by atoms with Gasteiger partial charge in [-0.3, -0.25) is 0 Å². The maximum atomic E-state index is 5.01. The highest BCUT2D eigenvalue weighted by Crippen LogP contribution is 2.31. The molecule has 6 heteroatoms. The minimum atomic E-state index is 0.782. The van der Waals surface area contributed by atoms with Crippen molar-refractivity contribution in [3.63, 3.8) is 0 Å². The van der Waals surface area contributed by atoms with Crippen LogP contribution in [-0.4, -0.2) is 32.7 Å². The van der Waals surface area contributed by atoms with E-state index in [-0.39, 0.29) is 0 Å². The fraction of sp³-hybridized carbons (Fsp3) is 0.316. The normalized spacial score (nSPS) is 16.1. The van der Waals surface area contributed by atoms with E-state index < -0.39 is 0 Å². The Labute approximate surface area is 149 Å². The maximum absolute atomic E-state index is 5.01. The van der Waals surface area contributed by atoms with Gasteiger partial charge < -0.3 is 4.90 Å². The number of fused-ring (bicyclic) bond motifs is 3. The predicted molar refractivity (Wildman–Crippen MR) is 102 cm³/mol. The quantitative estimate of drug-likeness (QED) is 0.543. The standard InChI is InChI=1S/C19H19N5S/c1-13-8-10-23(11-9-13)19-20-15-6-3-2-5-14(15)17-21-22-18(24(17)19)16-7-4-12-25-16/h2-7,12-13H,8-11H2,1H3. The van der Waals surface area contributed by atoms with Crippen molar-refractivity contribution in [3.05, 3.63) is 41.8 Å². The van der Waals surface area contributed by atoms with E-state index in [1.54, 1.807) is 11.3 Å². The van der Waals surface area contributed by atoms with Gasteiger partial charge in [-0.15, -0.1) is 21.5 Å². The average molecular weight is 349 g/mol. The molecule has 0 radical (unpaired) electrons. The number of anilines is 1. The fourth-order valence-electron chi connectivity index (χ4n) is 3.55. The number of para-hydroxylation sites is 1. The minimum absolute atomic E-state index is 0.782. The third-order valence-corrected chi connectivity index (χ3v) is 5.90. The van der Waals surface area contributed by atoms with Crippen LogP contribution in [0.25, 0.3) is 27.3 Å². The highest BCUT2D eigenvalue weighted by molar-refractivity contribution is 7.13. The number of benzene rings is 1. The van der Waals surface area contributed by atoms with Crippen LogP contribution in [0.5, 0.6) is 0 Å². The van der Waals surface area contributed by atoms with Crippen LogP contribution >= 0.6 is 11.3 Å². The van der Waals surface area contributed by atoms with E-state index in [1.807, 2.05) is 12.1 Å². The SMILES string of the molecule is CC1CCN(c2nc3ccccc3c3nnc(-c4cccs4)n23)CC1. The molecule has 126 valence electrons. The Morgan fingerprint density at radius 2 is 1.88 bits per heavy atom. The minimum Gasteiger partial charge on any atom is -0.342 e. The van der Waals surface area contributed by atoms with Crippen LogP contribution in [0.4, 0.5) is 5.95 Å². The largest absolute Gasteiger partial charge is 0.342 e. The van der Waals surface area contributed by atoms with Gasteiger partial charge in [-0.25, -0.2) is 9.38 Å². The van der Waals surface area contributed by atoms with Crippen molar-refractivity contribution in [1.82, 2.24) is 19.6 Å². The molecule has 1 aromatic carbocycles. The molecule has 3 aromatic heterocycles. The van der Waals surface area contributed by atoms with Crippen molar-refractivity contribution in [3.8, 4) is 10.7 Å². The Morgan fingerprint density at radius 3 is 2.68 bits per heavy atom. The number of rotatable bonds is 2. The average Bonchev–Trinajstić information content (AvgIpc) is 3.31. The van der Waals surface area contributed by atoms with Crippen LogP contribution in [-0.2, 0) is 0 Å². The van der Waals surface area contributed by atoms with Crippen LogP contribution in [0.1, 0.15) is 19.8 Å². The molecule has 0 saturated carbocycles. The van der Waals surface area contributed by atoms with Crippen LogP contribution in [0.3, 0.4) is 0 Å². The summed E-state index contributed by atoms with van der Waals surface area (Å²) >= 11 is 1.69. The van der Waals surface area contributed by atoms with Crippen LogP contribution in [0, 0.1) is 5.92 Å². The Kier molecular flexibility index (Phi) is 3.45. The smallest absolute Gasteiger partial charge is 0.213 e. The molecular weight excluding hydrogens is 330 g/mol. The van der Waals surface area contributed by atoms with Crippen molar-refractivity contribution < 1.29 is 0 Å². The Morgan fingerprint density at radius 1 is 1.04 bits per heavy atom. The Balaban J connectivity index is 1.79. The molecule has 4 heterocycles. The number of thiophene rings is 1. The number of hydrogen-bond acceptors (Lipinski definition) is 5. The lowest BCUT2D eigenvalue weighted by Gasteiger charge is -2.31. The zero-order chi connectivity index (χ0) is 16.8. The second kappa shape index (κ2) is 5.81. The predicted octanol–water partition coefficient (Wildman–Crippen LogP) is 4.24. The van der Waals surface area contributed by atoms with Gasteiger partial charge in [-0.1, -0.05) is 25.1 Å². The second-order valence-electron chi connectivity index (χ2n) is 6.76. The van der Waals surface area contributed by atoms with Gasteiger partial charge in [0.05, 0.1) is 10.4 Å². The number of hydrogen-bond donors (Lipinski definition) is 0. The van der Waals surface area contributed by atoms with E-state index in [4.69, 9.17) is 4.98 Å². The van der Waals surface area contributed by atoms with E-state index >= 15 is 0 Å². The van der Waals surface area contributed by atoms with Gasteiger partial charge >= 0.3 is 0 Å². The van der Waals surface area contributed by atoms with Gasteiger partial charge in [-0.2, -0.15) is 0 Å². The fourth-order valence-corrected chi connectivity index (χ4v) is 4.25. The molecule has 0 atom stereocenters. The molecule has 1 aliphatic heterocycles. The molecular formula is C19H19N5S. The second-order valence-corrected chi connectivity index (χ2v) is 7.71. The molecule has 0 amide bonds. The number of aromatic nitrogens is 4. The molecule has 0 spiro atoms. The maximum Gasteiger partial charge on any atom is 0.213 e. The Hall–Kier alpha value is -2.47. The van der Waals surface area contributed by atoms with Crippen molar-refractivity contribution in [1.29, 1.82) is 0 Å². The summed E-state index contributed by atoms with van der Waals surface area (Å²) in [5.41, 5.74) is 1.87. The molecule has 1 aliphatic rings. The summed E-state index contributed by atoms with van der Waals surface area (Å²) in [6.45, 7) is 4.39. The van der Waals surface area contributed by atoms with E-state index in [0.29, 0.717) is 0 Å². The van der Waals surface area contributed by atoms with Crippen molar-refractivity contribution in [2.75, 3.05) is 18.0 Å². The molecule has 25 heavy (non-hydrogen) atoms. The monoisotopic (exact) mass is 349 g/mol. The first-order chi connectivity index (χ1) is 12.3. The van der Waals surface area contributed by atoms with Crippen molar-refractivity contribution >= 4 is 33.8 Å². The van der Waals surface area contributed by atoms with Crippen LogP contribution < -0.4 is 4.90 Å². The molecule has 5 nitrogen and oxygen atoms in total. The van der Waals surface area contributed by atoms with Crippen LogP contribution in [0.2, 0.25) is 0 Å². The summed E-state index contributed by atoms with van der Waals surface area (Å²) in [6, 6.07) is 12.4. The van der Waals surface area contributed by atoms with Gasteiger partial charge in [0.15, 0.2) is 11.5 Å². The van der Waals surface area contributed by atoms with Crippen LogP contribution in [0.15, 0.2) is 41.8 Å². The molecule has 1 saturated heterocycles. The van der Waals surface area contributed by atoms with Gasteiger partial charge in [0.1, 0.15) is 0 Å². The summed E-state index contributed by atoms with van der Waals surface area (Å²) in [7, 11) is 0. The third kappa shape index (κ3) is 2.40. The van der Waals surface area contributed by atoms with Gasteiger partial charge in [-0.05, 0) is 42.3 Å². The highest BCUT2D eigenvalue weighted by Gasteiger charge is 2.23. The first-order valence-corrected chi connectivity index (χ1v) is 9.62. The van der Waals surface area contributed by atoms with E-state index in [2.05, 4.69) is 56.1 Å². The molecule has 0 N–H and O–H groups in total. The summed E-state index contributed by atoms with van der Waals surface area (Å²) in [5, 5.41) is 12.2. The molecule has 0 bridgehead atoms. The lowest BCUT2D eigenvalue weighted by molar-refractivity contribution is 0.434. The summed E-state index contributed by atoms with van der Waals surface area (Å²) in [6.07, 6.45) is 2.40. The zero-order valence-electron chi connectivity index (χ0n) is 14.1. The lowest BCUT2D eigenvalue weighted by atomic mass is 10.00.